The predicted octanol–water partition coefficient (Wildman–Crippen LogP) is -1.86. The van der Waals surface area contributed by atoms with Crippen molar-refractivity contribution in [3.05, 3.63) is 0 Å². The Hall–Kier alpha value is -0.940. The van der Waals surface area contributed by atoms with E-state index in [1.54, 1.807) is 0 Å². The van der Waals surface area contributed by atoms with Crippen LogP contribution in [0.25, 0.3) is 0 Å². The van der Waals surface area contributed by atoms with Crippen molar-refractivity contribution >= 4 is 11.7 Å². The third kappa shape index (κ3) is 4.46. The Bertz CT molecular complexity index is 158. The Labute approximate surface area is 64.4 Å². The van der Waals surface area contributed by atoms with Crippen LogP contribution in [-0.4, -0.2) is 29.4 Å². The largest absolute Gasteiger partial charge is 0.389 e. The van der Waals surface area contributed by atoms with Crippen molar-refractivity contribution < 1.29 is 14.7 Å². The van der Waals surface area contributed by atoms with E-state index in [0.717, 1.165) is 0 Å². The molecule has 0 aromatic rings. The summed E-state index contributed by atoms with van der Waals surface area (Å²) in [6.45, 7) is -0.583. The van der Waals surface area contributed by atoms with Gasteiger partial charge in [-0.2, -0.15) is 0 Å². The Morgan fingerprint density at radius 1 is 1.45 bits per heavy atom. The molecule has 11 heavy (non-hydrogen) atoms. The zero-order valence-electron chi connectivity index (χ0n) is 6.12. The highest BCUT2D eigenvalue weighted by atomic mass is 16.3. The Morgan fingerprint density at radius 3 is 2.36 bits per heavy atom. The van der Waals surface area contributed by atoms with E-state index in [-0.39, 0.29) is 12.8 Å². The van der Waals surface area contributed by atoms with Crippen LogP contribution in [0.1, 0.15) is 12.8 Å². The first-order valence-corrected chi connectivity index (χ1v) is 3.25. The minimum absolute atomic E-state index is 0.0763. The van der Waals surface area contributed by atoms with Gasteiger partial charge in [0.2, 0.25) is 5.91 Å². The fourth-order valence-electron chi connectivity index (χ4n) is 0.576. The molecule has 0 aromatic heterocycles. The van der Waals surface area contributed by atoms with Crippen molar-refractivity contribution in [2.45, 2.75) is 18.9 Å². The molecule has 0 rings (SSSR count). The van der Waals surface area contributed by atoms with Gasteiger partial charge in [-0.25, -0.2) is 0 Å². The SMILES string of the molecule is NC(=O)CC[C@H](N)C(=O)CO. The van der Waals surface area contributed by atoms with Crippen LogP contribution < -0.4 is 11.5 Å². The number of aliphatic hydroxyl groups excluding tert-OH is 1. The number of hydrogen-bond acceptors (Lipinski definition) is 4. The minimum atomic E-state index is -0.771. The summed E-state index contributed by atoms with van der Waals surface area (Å²) < 4.78 is 0. The molecule has 64 valence electrons. The van der Waals surface area contributed by atoms with Crippen LogP contribution in [0.4, 0.5) is 0 Å². The Kier molecular flexibility index (Phi) is 4.40. The van der Waals surface area contributed by atoms with Crippen molar-refractivity contribution in [3.63, 3.8) is 0 Å². The van der Waals surface area contributed by atoms with Crippen molar-refractivity contribution in [2.24, 2.45) is 11.5 Å². The van der Waals surface area contributed by atoms with Crippen molar-refractivity contribution in [3.8, 4) is 0 Å². The van der Waals surface area contributed by atoms with Crippen LogP contribution in [-0.2, 0) is 9.59 Å². The molecule has 0 unspecified atom stereocenters. The summed E-state index contributed by atoms with van der Waals surface area (Å²) in [4.78, 5) is 20.8. The molecular weight excluding hydrogens is 148 g/mol. The van der Waals surface area contributed by atoms with Crippen molar-refractivity contribution in [1.29, 1.82) is 0 Å². The number of ketones is 1. The normalized spacial score (nSPS) is 12.5. The van der Waals surface area contributed by atoms with Gasteiger partial charge in [0.05, 0.1) is 6.04 Å². The maximum absolute atomic E-state index is 10.6. The molecule has 0 heterocycles. The first-order valence-electron chi connectivity index (χ1n) is 3.25. The standard InChI is InChI=1S/C6H12N2O3/c7-4(5(10)3-9)1-2-6(8)11/h4,9H,1-3,7H2,(H2,8,11)/t4-/m0/s1. The highest BCUT2D eigenvalue weighted by Crippen LogP contribution is 1.94. The Morgan fingerprint density at radius 2 is 2.00 bits per heavy atom. The second-order valence-electron chi connectivity index (χ2n) is 2.24. The zero-order chi connectivity index (χ0) is 8.85. The van der Waals surface area contributed by atoms with Gasteiger partial charge >= 0.3 is 0 Å². The smallest absolute Gasteiger partial charge is 0.217 e. The zero-order valence-corrected chi connectivity index (χ0v) is 6.12. The number of carbonyl (C=O) groups is 2. The molecule has 5 nitrogen and oxygen atoms in total. The number of Topliss-reactive ketones (excluding diaryl/α,β-unsaturated/α-hetero) is 1. The summed E-state index contributed by atoms with van der Waals surface area (Å²) in [5.41, 5.74) is 10.1. The van der Waals surface area contributed by atoms with Crippen LogP contribution in [0.3, 0.4) is 0 Å². The van der Waals surface area contributed by atoms with Gasteiger partial charge in [0.25, 0.3) is 0 Å². The van der Waals surface area contributed by atoms with E-state index in [1.165, 1.54) is 0 Å². The summed E-state index contributed by atoms with van der Waals surface area (Å²) in [6, 6.07) is -0.771. The molecule has 0 aliphatic carbocycles. The number of hydrogen-bond donors (Lipinski definition) is 3. The van der Waals surface area contributed by atoms with Crippen molar-refractivity contribution in [2.75, 3.05) is 6.61 Å². The summed E-state index contributed by atoms with van der Waals surface area (Å²) in [5, 5.41) is 8.32. The number of rotatable bonds is 5. The molecule has 0 spiro atoms. The molecule has 0 fully saturated rings. The molecule has 0 aliphatic rings. The summed E-state index contributed by atoms with van der Waals surface area (Å²) in [6.07, 6.45) is 0.279. The first-order chi connectivity index (χ1) is 5.07. The second-order valence-corrected chi connectivity index (χ2v) is 2.24. The van der Waals surface area contributed by atoms with E-state index < -0.39 is 24.3 Å². The van der Waals surface area contributed by atoms with Gasteiger partial charge in [0.15, 0.2) is 5.78 Å². The lowest BCUT2D eigenvalue weighted by Gasteiger charge is -2.05. The van der Waals surface area contributed by atoms with Gasteiger partial charge in [-0.15, -0.1) is 0 Å². The monoisotopic (exact) mass is 160 g/mol. The maximum Gasteiger partial charge on any atom is 0.217 e. The molecule has 0 radical (unpaired) electrons. The van der Waals surface area contributed by atoms with E-state index in [4.69, 9.17) is 16.6 Å². The number of carbonyl (C=O) groups excluding carboxylic acids is 2. The highest BCUT2D eigenvalue weighted by Gasteiger charge is 2.12. The first kappa shape index (κ1) is 10.1. The third-order valence-corrected chi connectivity index (χ3v) is 1.27. The van der Waals surface area contributed by atoms with Crippen LogP contribution in [0.15, 0.2) is 0 Å². The van der Waals surface area contributed by atoms with Gasteiger partial charge in [-0.1, -0.05) is 0 Å². The molecule has 0 bridgehead atoms. The van der Waals surface area contributed by atoms with E-state index in [2.05, 4.69) is 0 Å². The molecule has 0 saturated carbocycles. The number of amides is 1. The van der Waals surface area contributed by atoms with Gasteiger partial charge in [0.1, 0.15) is 6.61 Å². The second kappa shape index (κ2) is 4.81. The van der Waals surface area contributed by atoms with Crippen LogP contribution >= 0.6 is 0 Å². The molecule has 0 aliphatic heterocycles. The minimum Gasteiger partial charge on any atom is -0.389 e. The molecule has 5 N–H and O–H groups in total. The molecule has 1 atom stereocenters. The quantitative estimate of drug-likeness (QED) is 0.438. The number of aliphatic hydroxyl groups is 1. The molecule has 0 aromatic carbocycles. The number of nitrogens with two attached hydrogens (primary N) is 2. The highest BCUT2D eigenvalue weighted by molar-refractivity contribution is 5.85. The van der Waals surface area contributed by atoms with Gasteiger partial charge in [0, 0.05) is 6.42 Å². The van der Waals surface area contributed by atoms with Crippen LogP contribution in [0, 0.1) is 0 Å². The van der Waals surface area contributed by atoms with Crippen molar-refractivity contribution in [1.82, 2.24) is 0 Å². The fraction of sp³-hybridized carbons (Fsp3) is 0.667. The summed E-state index contributed by atoms with van der Waals surface area (Å²) >= 11 is 0. The predicted molar refractivity (Wildman–Crippen MR) is 38.5 cm³/mol. The molecule has 1 amide bonds. The van der Waals surface area contributed by atoms with Gasteiger partial charge in [-0.3, -0.25) is 9.59 Å². The fourth-order valence-corrected chi connectivity index (χ4v) is 0.576. The van der Waals surface area contributed by atoms with Crippen LogP contribution in [0.5, 0.6) is 0 Å². The molecule has 5 heteroatoms. The van der Waals surface area contributed by atoms with Crippen LogP contribution in [0.2, 0.25) is 0 Å². The topological polar surface area (TPSA) is 106 Å². The van der Waals surface area contributed by atoms with Gasteiger partial charge < -0.3 is 16.6 Å². The Balaban J connectivity index is 3.60. The van der Waals surface area contributed by atoms with E-state index in [0.29, 0.717) is 0 Å². The van der Waals surface area contributed by atoms with E-state index >= 15 is 0 Å². The van der Waals surface area contributed by atoms with E-state index in [9.17, 15) is 9.59 Å². The third-order valence-electron chi connectivity index (χ3n) is 1.27. The lowest BCUT2D eigenvalue weighted by molar-refractivity contribution is -0.123. The average molecular weight is 160 g/mol. The lowest BCUT2D eigenvalue weighted by Crippen LogP contribution is -2.33. The molecular formula is C6H12N2O3. The maximum atomic E-state index is 10.6. The van der Waals surface area contributed by atoms with Gasteiger partial charge in [-0.05, 0) is 6.42 Å². The summed E-state index contributed by atoms with van der Waals surface area (Å²) in [5.74, 6) is -0.961. The average Bonchev–Trinajstić information content (AvgIpc) is 1.98. The lowest BCUT2D eigenvalue weighted by atomic mass is 10.1. The number of primary amides is 1. The van der Waals surface area contributed by atoms with E-state index in [1.807, 2.05) is 0 Å². The molecule has 0 saturated heterocycles. The summed E-state index contributed by atoms with van der Waals surface area (Å²) in [7, 11) is 0.